The van der Waals surface area contributed by atoms with Gasteiger partial charge in [-0.2, -0.15) is 12.7 Å². The van der Waals surface area contributed by atoms with E-state index in [9.17, 15) is 17.2 Å². The van der Waals surface area contributed by atoms with Crippen LogP contribution in [0.1, 0.15) is 19.8 Å². The van der Waals surface area contributed by atoms with E-state index in [0.717, 1.165) is 27.2 Å². The van der Waals surface area contributed by atoms with Gasteiger partial charge in [0, 0.05) is 19.7 Å². The number of hydrogen-bond donors (Lipinski definition) is 1. The zero-order valence-corrected chi connectivity index (χ0v) is 12.9. The van der Waals surface area contributed by atoms with Gasteiger partial charge in [-0.3, -0.25) is 4.31 Å². The third kappa shape index (κ3) is 4.36. The zero-order valence-electron chi connectivity index (χ0n) is 12.1. The van der Waals surface area contributed by atoms with Crippen LogP contribution < -0.4 is 4.31 Å². The Morgan fingerprint density at radius 1 is 1.24 bits per heavy atom. The van der Waals surface area contributed by atoms with E-state index in [1.807, 2.05) is 6.92 Å². The van der Waals surface area contributed by atoms with Crippen LogP contribution in [0.2, 0.25) is 0 Å². The van der Waals surface area contributed by atoms with Crippen LogP contribution in [0, 0.1) is 11.6 Å². The Hall–Kier alpha value is -1.25. The first-order valence-electron chi connectivity index (χ1n) is 6.64. The number of aliphatic hydroxyl groups is 1. The van der Waals surface area contributed by atoms with Crippen LogP contribution >= 0.6 is 0 Å². The molecule has 8 heteroatoms. The molecule has 1 rings (SSSR count). The fourth-order valence-electron chi connectivity index (χ4n) is 1.80. The molecule has 120 valence electrons. The minimum Gasteiger partial charge on any atom is -0.394 e. The van der Waals surface area contributed by atoms with E-state index in [1.165, 1.54) is 7.05 Å². The molecule has 0 aliphatic rings. The Bertz CT molecular complexity index is 567. The largest absolute Gasteiger partial charge is 0.394 e. The summed E-state index contributed by atoms with van der Waals surface area (Å²) < 4.78 is 53.5. The van der Waals surface area contributed by atoms with E-state index in [1.54, 1.807) is 0 Å². The van der Waals surface area contributed by atoms with Crippen LogP contribution in [0.25, 0.3) is 0 Å². The molecule has 1 N–H and O–H groups in total. The van der Waals surface area contributed by atoms with Crippen molar-refractivity contribution in [1.82, 2.24) is 4.31 Å². The van der Waals surface area contributed by atoms with Gasteiger partial charge in [-0.15, -0.1) is 0 Å². The molecule has 0 bridgehead atoms. The fourth-order valence-corrected chi connectivity index (χ4v) is 3.20. The molecule has 1 aromatic rings. The van der Waals surface area contributed by atoms with Crippen molar-refractivity contribution in [3.63, 3.8) is 0 Å². The van der Waals surface area contributed by atoms with Crippen molar-refractivity contribution >= 4 is 15.9 Å². The molecule has 0 amide bonds. The van der Waals surface area contributed by atoms with Gasteiger partial charge >= 0.3 is 10.2 Å². The summed E-state index contributed by atoms with van der Waals surface area (Å²) in [5.74, 6) is -1.78. The number of hydrogen-bond acceptors (Lipinski definition) is 3. The number of unbranched alkanes of at least 4 members (excludes halogenated alkanes) is 1. The summed E-state index contributed by atoms with van der Waals surface area (Å²) in [6.45, 7) is 1.42. The highest BCUT2D eigenvalue weighted by Gasteiger charge is 2.28. The van der Waals surface area contributed by atoms with Crippen molar-refractivity contribution in [3.05, 3.63) is 29.8 Å². The second kappa shape index (κ2) is 7.67. The van der Waals surface area contributed by atoms with Gasteiger partial charge in [0.25, 0.3) is 0 Å². The Balaban J connectivity index is 3.16. The van der Waals surface area contributed by atoms with Gasteiger partial charge in [0.1, 0.15) is 11.6 Å². The summed E-state index contributed by atoms with van der Waals surface area (Å²) in [5.41, 5.74) is -0.284. The Kier molecular flexibility index (Phi) is 6.50. The number of nitrogens with zero attached hydrogens (tertiary/aromatic N) is 2. The quantitative estimate of drug-likeness (QED) is 0.793. The van der Waals surface area contributed by atoms with Gasteiger partial charge in [0.15, 0.2) is 0 Å². The molecule has 0 heterocycles. The van der Waals surface area contributed by atoms with Crippen molar-refractivity contribution in [2.24, 2.45) is 0 Å². The van der Waals surface area contributed by atoms with Gasteiger partial charge in [-0.1, -0.05) is 13.3 Å². The van der Waals surface area contributed by atoms with E-state index < -0.39 is 28.5 Å². The van der Waals surface area contributed by atoms with Crippen LogP contribution in [0.3, 0.4) is 0 Å². The monoisotopic (exact) mass is 322 g/mol. The lowest BCUT2D eigenvalue weighted by Gasteiger charge is -2.29. The van der Waals surface area contributed by atoms with Crippen LogP contribution in [0.4, 0.5) is 14.5 Å². The topological polar surface area (TPSA) is 60.9 Å². The third-order valence-electron chi connectivity index (χ3n) is 2.98. The second-order valence-corrected chi connectivity index (χ2v) is 6.53. The SMILES string of the molecule is CCCCN(C)S(=O)(=O)N(CCO)c1ccc(F)cc1F. The molecule has 0 saturated carbocycles. The first-order valence-corrected chi connectivity index (χ1v) is 8.04. The van der Waals surface area contributed by atoms with Gasteiger partial charge < -0.3 is 5.11 Å². The number of halogens is 2. The molecular weight excluding hydrogens is 302 g/mol. The lowest BCUT2D eigenvalue weighted by Crippen LogP contribution is -2.44. The lowest BCUT2D eigenvalue weighted by atomic mass is 10.3. The summed E-state index contributed by atoms with van der Waals surface area (Å²) in [4.78, 5) is 0. The van der Waals surface area contributed by atoms with Crippen LogP contribution in [0.5, 0.6) is 0 Å². The van der Waals surface area contributed by atoms with Gasteiger partial charge in [0.2, 0.25) is 0 Å². The average molecular weight is 322 g/mol. The highest BCUT2D eigenvalue weighted by atomic mass is 32.2. The summed E-state index contributed by atoms with van der Waals surface area (Å²) >= 11 is 0. The Morgan fingerprint density at radius 3 is 2.43 bits per heavy atom. The maximum absolute atomic E-state index is 13.8. The van der Waals surface area contributed by atoms with Crippen molar-refractivity contribution in [1.29, 1.82) is 0 Å². The molecule has 0 spiro atoms. The maximum Gasteiger partial charge on any atom is 0.304 e. The average Bonchev–Trinajstić information content (AvgIpc) is 2.42. The Morgan fingerprint density at radius 2 is 1.90 bits per heavy atom. The lowest BCUT2D eigenvalue weighted by molar-refractivity contribution is 0.305. The second-order valence-electron chi connectivity index (χ2n) is 4.57. The minimum atomic E-state index is -3.98. The van der Waals surface area contributed by atoms with Crippen LogP contribution in [0.15, 0.2) is 18.2 Å². The molecule has 0 aromatic heterocycles. The third-order valence-corrected chi connectivity index (χ3v) is 4.89. The number of benzene rings is 1. The van der Waals surface area contributed by atoms with Crippen molar-refractivity contribution < 1.29 is 22.3 Å². The van der Waals surface area contributed by atoms with Gasteiger partial charge in [0.05, 0.1) is 18.8 Å². The molecular formula is C13H20F2N2O3S. The summed E-state index contributed by atoms with van der Waals surface area (Å²) in [5, 5.41) is 9.04. The van der Waals surface area contributed by atoms with Crippen LogP contribution in [-0.4, -0.2) is 44.6 Å². The normalized spacial score (nSPS) is 11.9. The molecule has 5 nitrogen and oxygen atoms in total. The number of rotatable bonds is 8. The van der Waals surface area contributed by atoms with Gasteiger partial charge in [-0.25, -0.2) is 8.78 Å². The first-order chi connectivity index (χ1) is 9.84. The molecule has 0 aliphatic heterocycles. The fraction of sp³-hybridized carbons (Fsp3) is 0.538. The first kappa shape index (κ1) is 17.8. The molecule has 0 fully saturated rings. The van der Waals surface area contributed by atoms with E-state index in [-0.39, 0.29) is 18.8 Å². The minimum absolute atomic E-state index is 0.281. The predicted octanol–water partition coefficient (Wildman–Crippen LogP) is 1.74. The predicted molar refractivity (Wildman–Crippen MR) is 77.2 cm³/mol. The Labute approximate surface area is 124 Å². The van der Waals surface area contributed by atoms with Crippen molar-refractivity contribution in [2.75, 3.05) is 31.0 Å². The molecule has 21 heavy (non-hydrogen) atoms. The highest BCUT2D eigenvalue weighted by Crippen LogP contribution is 2.24. The van der Waals surface area contributed by atoms with Gasteiger partial charge in [-0.05, 0) is 18.6 Å². The maximum atomic E-state index is 13.8. The van der Waals surface area contributed by atoms with Crippen molar-refractivity contribution in [3.8, 4) is 0 Å². The summed E-state index contributed by atoms with van der Waals surface area (Å²) in [7, 11) is -2.59. The van der Waals surface area contributed by atoms with Crippen LogP contribution in [-0.2, 0) is 10.2 Å². The molecule has 0 radical (unpaired) electrons. The summed E-state index contributed by atoms with van der Waals surface area (Å²) in [6, 6.07) is 2.64. The van der Waals surface area contributed by atoms with E-state index in [0.29, 0.717) is 12.5 Å². The highest BCUT2D eigenvalue weighted by molar-refractivity contribution is 7.90. The number of aliphatic hydroxyl groups excluding tert-OH is 1. The van der Waals surface area contributed by atoms with E-state index >= 15 is 0 Å². The van der Waals surface area contributed by atoms with E-state index in [2.05, 4.69) is 0 Å². The standard InChI is InChI=1S/C13H20F2N2O3S/c1-3-4-7-16(2)21(19,20)17(8-9-18)13-6-5-11(14)10-12(13)15/h5-6,10,18H,3-4,7-9H2,1-2H3. The summed E-state index contributed by atoms with van der Waals surface area (Å²) in [6.07, 6.45) is 1.47. The van der Waals surface area contributed by atoms with E-state index in [4.69, 9.17) is 5.11 Å². The number of anilines is 1. The smallest absolute Gasteiger partial charge is 0.304 e. The molecule has 0 unspecified atom stereocenters. The zero-order chi connectivity index (χ0) is 16.0. The molecule has 0 atom stereocenters. The van der Waals surface area contributed by atoms with Crippen molar-refractivity contribution in [2.45, 2.75) is 19.8 Å². The molecule has 0 aliphatic carbocycles. The molecule has 0 saturated heterocycles. The molecule has 1 aromatic carbocycles.